The van der Waals surface area contributed by atoms with Gasteiger partial charge in [-0.25, -0.2) is 0 Å². The van der Waals surface area contributed by atoms with Crippen LogP contribution in [0.2, 0.25) is 5.32 Å². The summed E-state index contributed by atoms with van der Waals surface area (Å²) >= 11 is 2.67. The van der Waals surface area contributed by atoms with E-state index in [4.69, 9.17) is 4.74 Å². The summed E-state index contributed by atoms with van der Waals surface area (Å²) < 4.78 is 4.72. The second-order valence-electron chi connectivity index (χ2n) is 2.17. The SMILES string of the molecule is CCOC(=O)[C@H](C[Se])NC(C)=O. The Balaban J connectivity index is 3.96. The van der Waals surface area contributed by atoms with Crippen molar-refractivity contribution in [2.45, 2.75) is 25.2 Å². The van der Waals surface area contributed by atoms with Crippen molar-refractivity contribution in [2.24, 2.45) is 0 Å². The molecule has 0 fully saturated rings. The number of ether oxygens (including phenoxy) is 1. The maximum atomic E-state index is 11.1. The Morgan fingerprint density at radius 2 is 2.17 bits per heavy atom. The molecule has 4 nitrogen and oxygen atoms in total. The van der Waals surface area contributed by atoms with Crippen LogP contribution in [0.5, 0.6) is 0 Å². The predicted octanol–water partition coefficient (Wildman–Crippen LogP) is -0.359. The summed E-state index contributed by atoms with van der Waals surface area (Å²) in [5.74, 6) is -0.630. The van der Waals surface area contributed by atoms with Gasteiger partial charge in [-0.2, -0.15) is 0 Å². The van der Waals surface area contributed by atoms with Gasteiger partial charge < -0.3 is 0 Å². The third-order valence-corrected chi connectivity index (χ3v) is 1.81. The van der Waals surface area contributed by atoms with Crippen LogP contribution in [-0.4, -0.2) is 40.5 Å². The summed E-state index contributed by atoms with van der Waals surface area (Å²) in [6.45, 7) is 3.42. The van der Waals surface area contributed by atoms with Crippen LogP contribution < -0.4 is 5.32 Å². The van der Waals surface area contributed by atoms with Crippen molar-refractivity contribution in [2.75, 3.05) is 6.61 Å². The summed E-state index contributed by atoms with van der Waals surface area (Å²) in [7, 11) is 0. The monoisotopic (exact) mass is 238 g/mol. The first-order chi connectivity index (χ1) is 5.61. The molecule has 0 aromatic carbocycles. The van der Waals surface area contributed by atoms with Gasteiger partial charge in [0.2, 0.25) is 0 Å². The fourth-order valence-electron chi connectivity index (χ4n) is 0.657. The summed E-state index contributed by atoms with van der Waals surface area (Å²) in [6, 6.07) is -0.553. The Bertz CT molecular complexity index is 172. The molecule has 0 unspecified atom stereocenters. The molecule has 0 aromatic heterocycles. The van der Waals surface area contributed by atoms with Gasteiger partial charge in [-0.05, 0) is 0 Å². The van der Waals surface area contributed by atoms with Crippen LogP contribution in [0.3, 0.4) is 0 Å². The zero-order valence-electron chi connectivity index (χ0n) is 7.12. The molecule has 1 amide bonds. The first-order valence-electron chi connectivity index (χ1n) is 3.63. The second-order valence-corrected chi connectivity index (χ2v) is 2.87. The number of hydrogen-bond acceptors (Lipinski definition) is 3. The summed E-state index contributed by atoms with van der Waals surface area (Å²) in [4.78, 5) is 21.6. The molecule has 0 bridgehead atoms. The van der Waals surface area contributed by atoms with E-state index in [1.165, 1.54) is 6.92 Å². The van der Waals surface area contributed by atoms with Crippen molar-refractivity contribution in [1.29, 1.82) is 0 Å². The zero-order chi connectivity index (χ0) is 9.56. The molecule has 1 N–H and O–H groups in total. The van der Waals surface area contributed by atoms with E-state index in [1.54, 1.807) is 6.92 Å². The number of rotatable bonds is 4. The van der Waals surface area contributed by atoms with Gasteiger partial charge in [0.1, 0.15) is 0 Å². The van der Waals surface area contributed by atoms with E-state index in [0.29, 0.717) is 11.9 Å². The van der Waals surface area contributed by atoms with Crippen LogP contribution in [-0.2, 0) is 14.3 Å². The molecule has 0 rings (SSSR count). The second kappa shape index (κ2) is 6.03. The molecule has 12 heavy (non-hydrogen) atoms. The molecule has 0 aliphatic heterocycles. The van der Waals surface area contributed by atoms with Crippen LogP contribution in [0, 0.1) is 0 Å². The molecule has 0 aromatic rings. The number of hydrogen-bond donors (Lipinski definition) is 1. The van der Waals surface area contributed by atoms with Crippen molar-refractivity contribution in [3.8, 4) is 0 Å². The van der Waals surface area contributed by atoms with Gasteiger partial charge in [0.15, 0.2) is 0 Å². The van der Waals surface area contributed by atoms with E-state index in [-0.39, 0.29) is 5.91 Å². The average molecular weight is 237 g/mol. The van der Waals surface area contributed by atoms with Gasteiger partial charge >= 0.3 is 79.3 Å². The third-order valence-electron chi connectivity index (χ3n) is 1.12. The van der Waals surface area contributed by atoms with E-state index < -0.39 is 12.0 Å². The Labute approximate surface area is 79.9 Å². The zero-order valence-corrected chi connectivity index (χ0v) is 8.84. The van der Waals surface area contributed by atoms with Crippen LogP contribution in [0.15, 0.2) is 0 Å². The molecule has 0 aliphatic carbocycles. The van der Waals surface area contributed by atoms with Crippen molar-refractivity contribution in [3.05, 3.63) is 0 Å². The standard InChI is InChI=1S/C7H12NO3Se/c1-3-11-7(10)6(4-12)8-5(2)9/h6H,3-4H2,1-2H3,(H,8,9)/t6-/m0/s1. The molecular formula is C7H12NO3Se. The van der Waals surface area contributed by atoms with E-state index in [0.717, 1.165) is 0 Å². The van der Waals surface area contributed by atoms with E-state index >= 15 is 0 Å². The molecular weight excluding hydrogens is 225 g/mol. The van der Waals surface area contributed by atoms with E-state index in [2.05, 4.69) is 21.3 Å². The summed E-state index contributed by atoms with van der Waals surface area (Å²) in [5.41, 5.74) is 0. The van der Waals surface area contributed by atoms with Gasteiger partial charge in [0, 0.05) is 0 Å². The molecule has 5 heteroatoms. The first kappa shape index (κ1) is 11.5. The van der Waals surface area contributed by atoms with Gasteiger partial charge in [-0.3, -0.25) is 0 Å². The van der Waals surface area contributed by atoms with Crippen molar-refractivity contribution >= 4 is 27.9 Å². The minimum atomic E-state index is -0.553. The Kier molecular flexibility index (Phi) is 5.76. The molecule has 0 heterocycles. The number of esters is 1. The summed E-state index contributed by atoms with van der Waals surface area (Å²) in [6.07, 6.45) is 0. The number of amides is 1. The number of carbonyl (C=O) groups excluding carboxylic acids is 2. The van der Waals surface area contributed by atoms with Gasteiger partial charge in [0.25, 0.3) is 0 Å². The topological polar surface area (TPSA) is 55.4 Å². The van der Waals surface area contributed by atoms with Gasteiger partial charge in [-0.15, -0.1) is 0 Å². The number of carbonyl (C=O) groups is 2. The van der Waals surface area contributed by atoms with E-state index in [9.17, 15) is 9.59 Å². The van der Waals surface area contributed by atoms with Gasteiger partial charge in [-0.1, -0.05) is 0 Å². The Morgan fingerprint density at radius 3 is 2.50 bits per heavy atom. The minimum absolute atomic E-state index is 0.233. The Hall–Kier alpha value is -0.541. The van der Waals surface area contributed by atoms with Crippen LogP contribution >= 0.6 is 0 Å². The average Bonchev–Trinajstić information content (AvgIpc) is 2.00. The van der Waals surface area contributed by atoms with Crippen LogP contribution in [0.1, 0.15) is 13.8 Å². The quantitative estimate of drug-likeness (QED) is 0.536. The molecule has 1 atom stereocenters. The van der Waals surface area contributed by atoms with Crippen molar-refractivity contribution < 1.29 is 14.3 Å². The van der Waals surface area contributed by atoms with Crippen LogP contribution in [0.4, 0.5) is 0 Å². The molecule has 0 saturated heterocycles. The number of nitrogens with one attached hydrogen (secondary N) is 1. The molecule has 1 radical (unpaired) electrons. The van der Waals surface area contributed by atoms with Crippen molar-refractivity contribution in [1.82, 2.24) is 5.32 Å². The normalized spacial score (nSPS) is 11.9. The molecule has 0 saturated carbocycles. The third kappa shape index (κ3) is 4.36. The van der Waals surface area contributed by atoms with E-state index in [1.807, 2.05) is 0 Å². The summed E-state index contributed by atoms with van der Waals surface area (Å²) in [5, 5.41) is 2.90. The van der Waals surface area contributed by atoms with Crippen LogP contribution in [0.25, 0.3) is 0 Å². The first-order valence-corrected chi connectivity index (χ1v) is 4.84. The molecule has 0 spiro atoms. The molecule has 0 aliphatic rings. The maximum absolute atomic E-state index is 11.1. The van der Waals surface area contributed by atoms with Crippen molar-refractivity contribution in [3.63, 3.8) is 0 Å². The predicted molar refractivity (Wildman–Crippen MR) is 44.8 cm³/mol. The molecule has 69 valence electrons. The Morgan fingerprint density at radius 1 is 1.58 bits per heavy atom. The fraction of sp³-hybridized carbons (Fsp3) is 0.714. The fourth-order valence-corrected chi connectivity index (χ4v) is 1.12. The van der Waals surface area contributed by atoms with Gasteiger partial charge in [0.05, 0.1) is 0 Å².